The van der Waals surface area contributed by atoms with Crippen molar-refractivity contribution in [2.45, 2.75) is 20.1 Å². The molecule has 0 fully saturated rings. The van der Waals surface area contributed by atoms with Crippen LogP contribution in [0.25, 0.3) is 0 Å². The van der Waals surface area contributed by atoms with Gasteiger partial charge in [0.25, 0.3) is 0 Å². The molecule has 0 aliphatic heterocycles. The number of amides is 2. The number of hydroxylamine groups is 1. The van der Waals surface area contributed by atoms with Gasteiger partial charge in [-0.25, -0.2) is 10.3 Å². The highest BCUT2D eigenvalue weighted by Gasteiger charge is 2.10. The number of urea groups is 1. The molecule has 1 atom stereocenters. The molecule has 0 heterocycles. The number of hydrogen-bond donors (Lipinski definition) is 4. The average molecular weight is 148 g/mol. The van der Waals surface area contributed by atoms with Crippen LogP contribution in [0.5, 0.6) is 0 Å². The average Bonchev–Trinajstić information content (AvgIpc) is 1.87. The van der Waals surface area contributed by atoms with Gasteiger partial charge < -0.3 is 10.4 Å². The third-order valence-electron chi connectivity index (χ3n) is 1.01. The van der Waals surface area contributed by atoms with Crippen LogP contribution in [0.1, 0.15) is 13.8 Å². The Morgan fingerprint density at radius 1 is 1.50 bits per heavy atom. The van der Waals surface area contributed by atoms with Crippen molar-refractivity contribution < 1.29 is 15.1 Å². The van der Waals surface area contributed by atoms with E-state index in [1.54, 1.807) is 13.8 Å². The van der Waals surface area contributed by atoms with E-state index in [1.165, 1.54) is 5.48 Å². The highest BCUT2D eigenvalue weighted by atomic mass is 16.5. The van der Waals surface area contributed by atoms with Crippen LogP contribution in [0.15, 0.2) is 0 Å². The number of carbonyl (C=O) groups excluding carboxylic acids is 1. The van der Waals surface area contributed by atoms with E-state index in [4.69, 9.17) is 10.3 Å². The molecule has 0 aromatic heterocycles. The summed E-state index contributed by atoms with van der Waals surface area (Å²) in [5.41, 5.74) is 1.34. The lowest BCUT2D eigenvalue weighted by Gasteiger charge is -2.14. The van der Waals surface area contributed by atoms with Gasteiger partial charge in [0, 0.05) is 0 Å². The van der Waals surface area contributed by atoms with Crippen LogP contribution in [-0.4, -0.2) is 22.6 Å². The molecule has 2 amide bonds. The third kappa shape index (κ3) is 3.26. The summed E-state index contributed by atoms with van der Waals surface area (Å²) in [6.45, 7) is 3.48. The van der Waals surface area contributed by atoms with Crippen molar-refractivity contribution >= 4 is 6.03 Å². The van der Waals surface area contributed by atoms with Crippen LogP contribution in [0.3, 0.4) is 0 Å². The monoisotopic (exact) mass is 148 g/mol. The fourth-order valence-corrected chi connectivity index (χ4v) is 0.333. The zero-order valence-corrected chi connectivity index (χ0v) is 5.96. The standard InChI is InChI=1S/C5H12N2O3/c1-3(2)4(8)6-5(9)7-10/h3-4,8,10H,1-2H3,(H2,6,7,9). The highest BCUT2D eigenvalue weighted by Crippen LogP contribution is 1.95. The van der Waals surface area contributed by atoms with E-state index >= 15 is 0 Å². The number of rotatable bonds is 2. The smallest absolute Gasteiger partial charge is 0.340 e. The molecular weight excluding hydrogens is 136 g/mol. The van der Waals surface area contributed by atoms with E-state index in [9.17, 15) is 4.79 Å². The lowest BCUT2D eigenvalue weighted by atomic mass is 10.2. The minimum atomic E-state index is -0.924. The largest absolute Gasteiger partial charge is 0.373 e. The summed E-state index contributed by atoms with van der Waals surface area (Å²) in [5, 5.41) is 19.0. The van der Waals surface area contributed by atoms with Crippen LogP contribution < -0.4 is 10.8 Å². The fraction of sp³-hybridized carbons (Fsp3) is 0.800. The molecule has 60 valence electrons. The molecule has 0 aliphatic rings. The van der Waals surface area contributed by atoms with E-state index in [1.807, 2.05) is 0 Å². The van der Waals surface area contributed by atoms with Crippen molar-refractivity contribution in [3.63, 3.8) is 0 Å². The Labute approximate surface area is 59.0 Å². The van der Waals surface area contributed by atoms with Crippen molar-refractivity contribution in [3.8, 4) is 0 Å². The van der Waals surface area contributed by atoms with E-state index in [2.05, 4.69) is 5.32 Å². The van der Waals surface area contributed by atoms with Crippen LogP contribution in [0.2, 0.25) is 0 Å². The molecule has 5 heteroatoms. The SMILES string of the molecule is CC(C)C(O)NC(=O)NO. The minimum absolute atomic E-state index is 0.0719. The Morgan fingerprint density at radius 2 is 2.00 bits per heavy atom. The number of hydrogen-bond acceptors (Lipinski definition) is 3. The van der Waals surface area contributed by atoms with Crippen molar-refractivity contribution in [2.24, 2.45) is 5.92 Å². The Morgan fingerprint density at radius 3 is 2.30 bits per heavy atom. The minimum Gasteiger partial charge on any atom is -0.373 e. The second kappa shape index (κ2) is 4.08. The zero-order valence-electron chi connectivity index (χ0n) is 5.96. The Bertz CT molecular complexity index is 115. The van der Waals surface area contributed by atoms with E-state index in [-0.39, 0.29) is 5.92 Å². The first-order chi connectivity index (χ1) is 4.57. The van der Waals surface area contributed by atoms with Gasteiger partial charge in [-0.2, -0.15) is 0 Å². The maximum absolute atomic E-state index is 10.3. The molecule has 5 nitrogen and oxygen atoms in total. The summed E-state index contributed by atoms with van der Waals surface area (Å²) in [6.07, 6.45) is -0.924. The summed E-state index contributed by atoms with van der Waals surface area (Å²) in [6, 6.07) is -0.804. The molecule has 0 spiro atoms. The van der Waals surface area contributed by atoms with E-state index in [0.29, 0.717) is 0 Å². The highest BCUT2D eigenvalue weighted by molar-refractivity contribution is 5.72. The van der Waals surface area contributed by atoms with Gasteiger partial charge >= 0.3 is 6.03 Å². The summed E-state index contributed by atoms with van der Waals surface area (Å²) < 4.78 is 0. The van der Waals surface area contributed by atoms with Gasteiger partial charge in [-0.05, 0) is 5.92 Å². The zero-order chi connectivity index (χ0) is 8.15. The van der Waals surface area contributed by atoms with E-state index < -0.39 is 12.3 Å². The number of carbonyl (C=O) groups is 1. The normalized spacial score (nSPS) is 12.9. The van der Waals surface area contributed by atoms with Crippen molar-refractivity contribution in [2.75, 3.05) is 0 Å². The van der Waals surface area contributed by atoms with Gasteiger partial charge in [-0.1, -0.05) is 13.8 Å². The molecule has 0 bridgehead atoms. The first-order valence-electron chi connectivity index (χ1n) is 2.96. The van der Waals surface area contributed by atoms with Gasteiger partial charge in [0.1, 0.15) is 6.23 Å². The van der Waals surface area contributed by atoms with Gasteiger partial charge in [0.15, 0.2) is 0 Å². The lowest BCUT2D eigenvalue weighted by molar-refractivity contribution is 0.0852. The van der Waals surface area contributed by atoms with Crippen molar-refractivity contribution in [3.05, 3.63) is 0 Å². The van der Waals surface area contributed by atoms with Crippen LogP contribution >= 0.6 is 0 Å². The first-order valence-corrected chi connectivity index (χ1v) is 2.96. The summed E-state index contributed by atoms with van der Waals surface area (Å²) in [5.74, 6) is -0.0719. The molecule has 0 aromatic carbocycles. The first kappa shape index (κ1) is 9.19. The predicted octanol–water partition coefficient (Wildman–Crippen LogP) is -0.351. The van der Waals surface area contributed by atoms with Crippen LogP contribution in [0.4, 0.5) is 4.79 Å². The second-order valence-corrected chi connectivity index (χ2v) is 2.27. The molecule has 0 saturated heterocycles. The molecule has 0 aliphatic carbocycles. The molecule has 4 N–H and O–H groups in total. The number of aliphatic hydroxyl groups is 1. The summed E-state index contributed by atoms with van der Waals surface area (Å²) in [4.78, 5) is 10.3. The maximum atomic E-state index is 10.3. The van der Waals surface area contributed by atoms with E-state index in [0.717, 1.165) is 0 Å². The maximum Gasteiger partial charge on any atom is 0.340 e. The molecular formula is C5H12N2O3. The number of aliphatic hydroxyl groups excluding tert-OH is 1. The molecule has 0 saturated carbocycles. The van der Waals surface area contributed by atoms with Crippen molar-refractivity contribution in [1.29, 1.82) is 0 Å². The number of nitrogens with one attached hydrogen (secondary N) is 2. The molecule has 1 unspecified atom stereocenters. The van der Waals surface area contributed by atoms with Crippen molar-refractivity contribution in [1.82, 2.24) is 10.8 Å². The second-order valence-electron chi connectivity index (χ2n) is 2.27. The Kier molecular flexibility index (Phi) is 3.75. The van der Waals surface area contributed by atoms with Gasteiger partial charge in [0.05, 0.1) is 0 Å². The van der Waals surface area contributed by atoms with Gasteiger partial charge in [0.2, 0.25) is 0 Å². The quantitative estimate of drug-likeness (QED) is 0.245. The van der Waals surface area contributed by atoms with Gasteiger partial charge in [-0.3, -0.25) is 5.21 Å². The molecule has 10 heavy (non-hydrogen) atoms. The summed E-state index contributed by atoms with van der Waals surface area (Å²) >= 11 is 0. The summed E-state index contributed by atoms with van der Waals surface area (Å²) in [7, 11) is 0. The lowest BCUT2D eigenvalue weighted by Crippen LogP contribution is -2.43. The Hall–Kier alpha value is -0.810. The topological polar surface area (TPSA) is 81.6 Å². The molecule has 0 rings (SSSR count). The fourth-order valence-electron chi connectivity index (χ4n) is 0.333. The predicted molar refractivity (Wildman–Crippen MR) is 34.3 cm³/mol. The third-order valence-corrected chi connectivity index (χ3v) is 1.01. The molecule has 0 radical (unpaired) electrons. The molecule has 0 aromatic rings. The van der Waals surface area contributed by atoms with Gasteiger partial charge in [-0.15, -0.1) is 0 Å². The van der Waals surface area contributed by atoms with Crippen LogP contribution in [-0.2, 0) is 0 Å². The Balaban J connectivity index is 3.57. The van der Waals surface area contributed by atoms with Crippen LogP contribution in [0, 0.1) is 5.92 Å².